The highest BCUT2D eigenvalue weighted by Gasteiger charge is 2.32. The van der Waals surface area contributed by atoms with Crippen LogP contribution in [0.1, 0.15) is 56.2 Å². The number of hydrogen-bond donors (Lipinski definition) is 0. The molecule has 0 spiro atoms. The summed E-state index contributed by atoms with van der Waals surface area (Å²) in [6.45, 7) is 4.35. The number of carbonyl (C=O) groups excluding carboxylic acids is 2. The fourth-order valence-corrected chi connectivity index (χ4v) is 4.28. The van der Waals surface area contributed by atoms with Crippen molar-refractivity contribution in [2.45, 2.75) is 32.9 Å². The Morgan fingerprint density at radius 2 is 1.88 bits per heavy atom. The highest BCUT2D eigenvalue weighted by Crippen LogP contribution is 2.24. The minimum absolute atomic E-state index is 0.155. The molecule has 1 aromatic carbocycles. The monoisotopic (exact) mass is 434 g/mol. The lowest BCUT2D eigenvalue weighted by Gasteiger charge is -2.28. The number of esters is 1. The highest BCUT2D eigenvalue weighted by atomic mass is 16.5. The quantitative estimate of drug-likeness (QED) is 0.589. The maximum absolute atomic E-state index is 13.5. The summed E-state index contributed by atoms with van der Waals surface area (Å²) < 4.78 is 8.10. The Labute approximate surface area is 186 Å². The van der Waals surface area contributed by atoms with Gasteiger partial charge in [-0.3, -0.25) is 14.3 Å². The van der Waals surface area contributed by atoms with Crippen molar-refractivity contribution in [2.24, 2.45) is 7.05 Å². The number of fused-ring (bicyclic) bond motifs is 1. The van der Waals surface area contributed by atoms with Crippen LogP contribution in [0.2, 0.25) is 0 Å². The van der Waals surface area contributed by atoms with E-state index in [1.807, 2.05) is 37.3 Å². The number of carbonyl (C=O) groups is 2. The number of amides is 1. The predicted octanol–water partition coefficient (Wildman–Crippen LogP) is 2.48. The lowest BCUT2D eigenvalue weighted by atomic mass is 10.0. The zero-order chi connectivity index (χ0) is 23.0. The molecule has 0 aliphatic carbocycles. The van der Waals surface area contributed by atoms with E-state index in [1.54, 1.807) is 40.4 Å². The Hall–Kier alpha value is -3.68. The first-order valence-corrected chi connectivity index (χ1v) is 10.5. The molecule has 2 aromatic heterocycles. The van der Waals surface area contributed by atoms with Gasteiger partial charge in [0.2, 0.25) is 0 Å². The van der Waals surface area contributed by atoms with Crippen LogP contribution in [0.25, 0.3) is 0 Å². The number of rotatable bonds is 4. The molecule has 1 aliphatic rings. The standard InChI is InChI=1S/C24H26N4O4/c1-15-10-13-28(16(2)17-8-6-5-7-9-17)23(30)20(15)22(29)27-12-11-19-18(14-27)21(24(31)32-4)25-26(19)3/h5-10,13,16H,11-12,14H2,1-4H3. The van der Waals surface area contributed by atoms with Gasteiger partial charge < -0.3 is 14.2 Å². The summed E-state index contributed by atoms with van der Waals surface area (Å²) in [4.78, 5) is 40.6. The molecule has 0 bridgehead atoms. The first-order chi connectivity index (χ1) is 15.3. The third-order valence-corrected chi connectivity index (χ3v) is 6.15. The number of methoxy groups -OCH3 is 1. The topological polar surface area (TPSA) is 86.4 Å². The van der Waals surface area contributed by atoms with Crippen LogP contribution < -0.4 is 5.56 Å². The van der Waals surface area contributed by atoms with Gasteiger partial charge in [0.25, 0.3) is 11.5 Å². The van der Waals surface area contributed by atoms with Gasteiger partial charge >= 0.3 is 5.97 Å². The number of aryl methyl sites for hydroxylation is 2. The average Bonchev–Trinajstić information content (AvgIpc) is 3.14. The summed E-state index contributed by atoms with van der Waals surface area (Å²) in [6, 6.07) is 11.3. The van der Waals surface area contributed by atoms with Gasteiger partial charge in [0.05, 0.1) is 19.7 Å². The van der Waals surface area contributed by atoms with Crippen LogP contribution >= 0.6 is 0 Å². The minimum atomic E-state index is -0.536. The molecule has 32 heavy (non-hydrogen) atoms. The number of pyridine rings is 1. The maximum Gasteiger partial charge on any atom is 0.358 e. The molecule has 166 valence electrons. The summed E-state index contributed by atoms with van der Waals surface area (Å²) in [5.41, 5.74) is 3.22. The zero-order valence-electron chi connectivity index (χ0n) is 18.7. The molecule has 0 saturated heterocycles. The second-order valence-corrected chi connectivity index (χ2v) is 8.04. The first-order valence-electron chi connectivity index (χ1n) is 10.5. The Kier molecular flexibility index (Phi) is 5.69. The number of benzene rings is 1. The molecular weight excluding hydrogens is 408 g/mol. The Morgan fingerprint density at radius 1 is 1.16 bits per heavy atom. The molecule has 1 atom stereocenters. The highest BCUT2D eigenvalue weighted by molar-refractivity contribution is 5.96. The van der Waals surface area contributed by atoms with Gasteiger partial charge in [0.1, 0.15) is 5.56 Å². The minimum Gasteiger partial charge on any atom is -0.464 e. The summed E-state index contributed by atoms with van der Waals surface area (Å²) in [5.74, 6) is -0.876. The van der Waals surface area contributed by atoms with Crippen molar-refractivity contribution in [1.29, 1.82) is 0 Å². The zero-order valence-corrected chi connectivity index (χ0v) is 18.7. The second-order valence-electron chi connectivity index (χ2n) is 8.04. The van der Waals surface area contributed by atoms with E-state index in [1.165, 1.54) is 7.11 Å². The average molecular weight is 434 g/mol. The third-order valence-electron chi connectivity index (χ3n) is 6.15. The summed E-state index contributed by atoms with van der Waals surface area (Å²) in [7, 11) is 3.08. The fraction of sp³-hybridized carbons (Fsp3) is 0.333. The maximum atomic E-state index is 13.5. The molecule has 4 rings (SSSR count). The van der Waals surface area contributed by atoms with Crippen molar-refractivity contribution in [3.63, 3.8) is 0 Å². The Morgan fingerprint density at radius 3 is 2.56 bits per heavy atom. The number of ether oxygens (including phenoxy) is 1. The van der Waals surface area contributed by atoms with Crippen molar-refractivity contribution < 1.29 is 14.3 Å². The van der Waals surface area contributed by atoms with Gasteiger partial charge in [-0.05, 0) is 31.0 Å². The lowest BCUT2D eigenvalue weighted by Crippen LogP contribution is -2.41. The van der Waals surface area contributed by atoms with E-state index in [2.05, 4.69) is 5.10 Å². The molecule has 1 unspecified atom stereocenters. The van der Waals surface area contributed by atoms with E-state index in [0.717, 1.165) is 11.3 Å². The molecule has 1 aliphatic heterocycles. The molecule has 3 heterocycles. The SMILES string of the molecule is COC(=O)c1nn(C)c2c1CN(C(=O)c1c(C)ccn(C(C)c3ccccc3)c1=O)CC2. The number of hydrogen-bond acceptors (Lipinski definition) is 5. The van der Waals surface area contributed by atoms with Gasteiger partial charge in [0.15, 0.2) is 5.69 Å². The fourth-order valence-electron chi connectivity index (χ4n) is 4.28. The van der Waals surface area contributed by atoms with Gasteiger partial charge in [-0.15, -0.1) is 0 Å². The second kappa shape index (κ2) is 8.45. The number of nitrogens with zero attached hydrogens (tertiary/aromatic N) is 4. The predicted molar refractivity (Wildman–Crippen MR) is 119 cm³/mol. The van der Waals surface area contributed by atoms with Crippen LogP contribution in [0.15, 0.2) is 47.4 Å². The Bertz CT molecular complexity index is 1240. The van der Waals surface area contributed by atoms with Crippen molar-refractivity contribution >= 4 is 11.9 Å². The summed E-state index contributed by atoms with van der Waals surface area (Å²) >= 11 is 0. The smallest absolute Gasteiger partial charge is 0.358 e. The van der Waals surface area contributed by atoms with Crippen LogP contribution in [0, 0.1) is 6.92 Å². The molecule has 3 aromatic rings. The first kappa shape index (κ1) is 21.5. The van der Waals surface area contributed by atoms with E-state index in [4.69, 9.17) is 4.74 Å². The van der Waals surface area contributed by atoms with Crippen molar-refractivity contribution in [3.05, 3.63) is 86.6 Å². The van der Waals surface area contributed by atoms with Crippen LogP contribution in [0.4, 0.5) is 0 Å². The molecule has 0 N–H and O–H groups in total. The molecule has 0 saturated carbocycles. The van der Waals surface area contributed by atoms with E-state index in [9.17, 15) is 14.4 Å². The van der Waals surface area contributed by atoms with Crippen LogP contribution in [0.3, 0.4) is 0 Å². The van der Waals surface area contributed by atoms with Crippen molar-refractivity contribution in [1.82, 2.24) is 19.2 Å². The van der Waals surface area contributed by atoms with E-state index in [0.29, 0.717) is 24.1 Å². The summed E-state index contributed by atoms with van der Waals surface area (Å²) in [5, 5.41) is 4.27. The van der Waals surface area contributed by atoms with Gasteiger partial charge in [0, 0.05) is 37.5 Å². The van der Waals surface area contributed by atoms with Crippen LogP contribution in [-0.2, 0) is 24.8 Å². The lowest BCUT2D eigenvalue weighted by molar-refractivity contribution is 0.0586. The van der Waals surface area contributed by atoms with Gasteiger partial charge in [-0.2, -0.15) is 5.10 Å². The van der Waals surface area contributed by atoms with Crippen LogP contribution in [-0.4, -0.2) is 44.8 Å². The van der Waals surface area contributed by atoms with E-state index in [-0.39, 0.29) is 35.3 Å². The van der Waals surface area contributed by atoms with Crippen molar-refractivity contribution in [2.75, 3.05) is 13.7 Å². The van der Waals surface area contributed by atoms with Crippen molar-refractivity contribution in [3.8, 4) is 0 Å². The van der Waals surface area contributed by atoms with Gasteiger partial charge in [-0.1, -0.05) is 30.3 Å². The number of aromatic nitrogens is 3. The molecular formula is C24H26N4O4. The third kappa shape index (κ3) is 3.62. The Balaban J connectivity index is 1.69. The molecule has 8 heteroatoms. The molecule has 0 radical (unpaired) electrons. The largest absolute Gasteiger partial charge is 0.464 e. The van der Waals surface area contributed by atoms with Crippen LogP contribution in [0.5, 0.6) is 0 Å². The van der Waals surface area contributed by atoms with Gasteiger partial charge in [-0.25, -0.2) is 4.79 Å². The normalized spacial score (nSPS) is 14.1. The van der Waals surface area contributed by atoms with E-state index < -0.39 is 5.97 Å². The molecule has 1 amide bonds. The summed E-state index contributed by atoms with van der Waals surface area (Å²) in [6.07, 6.45) is 2.28. The van der Waals surface area contributed by atoms with E-state index >= 15 is 0 Å². The molecule has 8 nitrogen and oxygen atoms in total. The molecule has 0 fully saturated rings.